The second-order valence-electron chi connectivity index (χ2n) is 7.60. The summed E-state index contributed by atoms with van der Waals surface area (Å²) in [5.74, 6) is 0. The monoisotopic (exact) mass is 349 g/mol. The zero-order valence-electron chi connectivity index (χ0n) is 17.2. The fraction of sp³-hybridized carbons (Fsp3) is 0.875. The largest absolute Gasteiger partial charge is 0.291 e. The van der Waals surface area contributed by atoms with Crippen LogP contribution in [0.25, 0.3) is 0 Å². The molecule has 0 aliphatic heterocycles. The molecule has 0 amide bonds. The molecule has 0 atom stereocenters. The molecule has 0 heterocycles. The first-order valence-electron chi connectivity index (χ1n) is 11.4. The Balaban J connectivity index is 3.04. The Bertz CT molecular complexity index is 269. The summed E-state index contributed by atoms with van der Waals surface area (Å²) in [6, 6.07) is 0. The first-order chi connectivity index (χ1) is 12.4. The molecule has 0 saturated carbocycles. The fourth-order valence-electron chi connectivity index (χ4n) is 3.33. The summed E-state index contributed by atoms with van der Waals surface area (Å²) in [6.07, 6.45) is 33.1. The van der Waals surface area contributed by atoms with E-state index in [1.54, 1.807) is 0 Å². The molecule has 1 radical (unpaired) electrons. The zero-order chi connectivity index (χ0) is 18.3. The smallest absolute Gasteiger partial charge is 0.198 e. The van der Waals surface area contributed by atoms with Gasteiger partial charge in [-0.1, -0.05) is 109 Å². The van der Waals surface area contributed by atoms with E-state index in [4.69, 9.17) is 0 Å². The highest BCUT2D eigenvalue weighted by Crippen LogP contribution is 2.13. The van der Waals surface area contributed by atoms with Crippen molar-refractivity contribution in [1.29, 1.82) is 0 Å². The summed E-state index contributed by atoms with van der Waals surface area (Å²) >= 11 is 0. The van der Waals surface area contributed by atoms with E-state index in [9.17, 15) is 4.79 Å². The molecule has 0 aromatic rings. The van der Waals surface area contributed by atoms with E-state index < -0.39 is 0 Å². The van der Waals surface area contributed by atoms with Crippen LogP contribution in [0.5, 0.6) is 0 Å². The molecule has 0 aliphatic carbocycles. The van der Waals surface area contributed by atoms with Gasteiger partial charge in [-0.05, 0) is 32.1 Å². The van der Waals surface area contributed by atoms with Crippen LogP contribution in [0.1, 0.15) is 135 Å². The van der Waals surface area contributed by atoms with Crippen LogP contribution < -0.4 is 0 Å². The van der Waals surface area contributed by atoms with Crippen LogP contribution in [0, 0.1) is 0 Å². The number of hydrogen-bond donors (Lipinski definition) is 0. The Morgan fingerprint density at radius 3 is 1.28 bits per heavy atom. The van der Waals surface area contributed by atoms with Crippen LogP contribution in [0.4, 0.5) is 0 Å². The maximum atomic E-state index is 10.1. The van der Waals surface area contributed by atoms with Gasteiger partial charge in [-0.15, -0.1) is 0 Å². The van der Waals surface area contributed by atoms with Gasteiger partial charge in [-0.2, -0.15) is 0 Å². The maximum absolute atomic E-state index is 10.1. The van der Waals surface area contributed by atoms with E-state index >= 15 is 0 Å². The lowest BCUT2D eigenvalue weighted by molar-refractivity contribution is 0.533. The second-order valence-corrected chi connectivity index (χ2v) is 7.60. The van der Waals surface area contributed by atoms with Gasteiger partial charge in [-0.25, -0.2) is 0 Å². The van der Waals surface area contributed by atoms with Gasteiger partial charge in [0.25, 0.3) is 0 Å². The summed E-state index contributed by atoms with van der Waals surface area (Å²) in [6.45, 7) is 2.28. The molecule has 0 aromatic heterocycles. The average molecular weight is 350 g/mol. The van der Waals surface area contributed by atoms with Crippen molar-refractivity contribution >= 4 is 6.29 Å². The molecule has 0 unspecified atom stereocenters. The van der Waals surface area contributed by atoms with Crippen LogP contribution in [-0.4, -0.2) is 6.29 Å². The molecule has 0 saturated heterocycles. The number of carbonyl (C=O) groups excluding carboxylic acids is 1. The first kappa shape index (κ1) is 24.4. The third-order valence-corrected chi connectivity index (χ3v) is 5.04. The normalized spacial score (nSPS) is 11.4. The van der Waals surface area contributed by atoms with Gasteiger partial charge in [-0.3, -0.25) is 4.79 Å². The molecule has 147 valence electrons. The van der Waals surface area contributed by atoms with Gasteiger partial charge in [0.1, 0.15) is 0 Å². The fourth-order valence-corrected chi connectivity index (χ4v) is 3.33. The topological polar surface area (TPSA) is 17.1 Å². The Morgan fingerprint density at radius 2 is 0.880 bits per heavy atom. The van der Waals surface area contributed by atoms with Crippen molar-refractivity contribution < 1.29 is 4.79 Å². The van der Waals surface area contributed by atoms with Crippen molar-refractivity contribution in [2.75, 3.05) is 0 Å². The number of unbranched alkanes of at least 4 members (excludes halogenated alkanes) is 18. The Labute approximate surface area is 159 Å². The highest BCUT2D eigenvalue weighted by Gasteiger charge is 1.93. The average Bonchev–Trinajstić information content (AvgIpc) is 2.63. The molecule has 1 heteroatoms. The molecular formula is C24H45O. The van der Waals surface area contributed by atoms with E-state index in [0.29, 0.717) is 6.42 Å². The highest BCUT2D eigenvalue weighted by atomic mass is 16.1. The van der Waals surface area contributed by atoms with E-state index in [2.05, 4.69) is 19.1 Å². The predicted octanol–water partition coefficient (Wildman–Crippen LogP) is 8.47. The summed E-state index contributed by atoms with van der Waals surface area (Å²) in [4.78, 5) is 10.1. The third-order valence-electron chi connectivity index (χ3n) is 5.04. The minimum atomic E-state index is 0.633. The van der Waals surface area contributed by atoms with Crippen LogP contribution in [0.3, 0.4) is 0 Å². The molecule has 0 rings (SSSR count). The molecule has 1 nitrogen and oxygen atoms in total. The summed E-state index contributed by atoms with van der Waals surface area (Å²) in [5, 5.41) is 0. The van der Waals surface area contributed by atoms with Gasteiger partial charge < -0.3 is 0 Å². The number of rotatable bonds is 21. The minimum Gasteiger partial charge on any atom is -0.291 e. The molecule has 0 fully saturated rings. The second kappa shape index (κ2) is 23.4. The SMILES string of the molecule is CCCCCCCC/C=C/CCCCCCCCCCCCC[C]=O. The maximum Gasteiger partial charge on any atom is 0.198 e. The van der Waals surface area contributed by atoms with Crippen molar-refractivity contribution in [2.45, 2.75) is 135 Å². The first-order valence-corrected chi connectivity index (χ1v) is 11.4. The molecule has 0 bridgehead atoms. The van der Waals surface area contributed by atoms with Gasteiger partial charge in [0.05, 0.1) is 0 Å². The summed E-state index contributed by atoms with van der Waals surface area (Å²) in [7, 11) is 0. The van der Waals surface area contributed by atoms with Crippen molar-refractivity contribution in [3.63, 3.8) is 0 Å². The summed E-state index contributed by atoms with van der Waals surface area (Å²) in [5.41, 5.74) is 0. The lowest BCUT2D eigenvalue weighted by atomic mass is 10.0. The van der Waals surface area contributed by atoms with Gasteiger partial charge in [0, 0.05) is 6.42 Å². The van der Waals surface area contributed by atoms with Crippen molar-refractivity contribution in [3.8, 4) is 0 Å². The van der Waals surface area contributed by atoms with Crippen LogP contribution in [-0.2, 0) is 4.79 Å². The third kappa shape index (κ3) is 23.4. The zero-order valence-corrected chi connectivity index (χ0v) is 17.2. The molecule has 0 aromatic carbocycles. The van der Waals surface area contributed by atoms with E-state index in [1.165, 1.54) is 116 Å². The molecule has 0 N–H and O–H groups in total. The van der Waals surface area contributed by atoms with Crippen LogP contribution in [0.2, 0.25) is 0 Å². The van der Waals surface area contributed by atoms with Crippen molar-refractivity contribution in [1.82, 2.24) is 0 Å². The quantitative estimate of drug-likeness (QED) is 0.150. The Morgan fingerprint density at radius 1 is 0.520 bits per heavy atom. The van der Waals surface area contributed by atoms with E-state index in [0.717, 1.165) is 6.42 Å². The molecule has 25 heavy (non-hydrogen) atoms. The predicted molar refractivity (Wildman–Crippen MR) is 113 cm³/mol. The minimum absolute atomic E-state index is 0.633. The van der Waals surface area contributed by atoms with Gasteiger partial charge >= 0.3 is 0 Å². The Kier molecular flexibility index (Phi) is 22.9. The van der Waals surface area contributed by atoms with Gasteiger partial charge in [0.15, 0.2) is 6.29 Å². The van der Waals surface area contributed by atoms with Gasteiger partial charge in [0.2, 0.25) is 0 Å². The number of allylic oxidation sites excluding steroid dienone is 2. The summed E-state index contributed by atoms with van der Waals surface area (Å²) < 4.78 is 0. The highest BCUT2D eigenvalue weighted by molar-refractivity contribution is 5.50. The lowest BCUT2D eigenvalue weighted by Crippen LogP contribution is -1.83. The van der Waals surface area contributed by atoms with Crippen molar-refractivity contribution in [2.24, 2.45) is 0 Å². The van der Waals surface area contributed by atoms with Crippen LogP contribution in [0.15, 0.2) is 12.2 Å². The van der Waals surface area contributed by atoms with E-state index in [1.807, 2.05) is 6.29 Å². The molecular weight excluding hydrogens is 304 g/mol. The van der Waals surface area contributed by atoms with E-state index in [-0.39, 0.29) is 0 Å². The lowest BCUT2D eigenvalue weighted by Gasteiger charge is -2.02. The number of hydrogen-bond acceptors (Lipinski definition) is 1. The van der Waals surface area contributed by atoms with Crippen LogP contribution >= 0.6 is 0 Å². The molecule has 0 spiro atoms. The standard InChI is InChI=1S/C24H45O/c1-2-3-4-5-6-7-8-9-10-11-12-13-14-15-16-17-18-19-20-21-22-23-24-25/h9-10H,2-8,11-23H2,1H3/b10-9+. The Hall–Kier alpha value is -0.590. The molecule has 0 aliphatic rings. The van der Waals surface area contributed by atoms with Crippen molar-refractivity contribution in [3.05, 3.63) is 12.2 Å².